The molecule has 2 N–H and O–H groups in total. The standard InChI is InChI=1S/C5H10BClO2/c7-5-3-1-2-4-6(8)9/h2,4,8-9H,1,3,5H2/b4-2-. The minimum absolute atomic E-state index is 0.617. The molecule has 0 rings (SSSR count). The highest BCUT2D eigenvalue weighted by Gasteiger charge is 1.95. The predicted octanol–water partition coefficient (Wildman–Crippen LogP) is 0.574. The zero-order valence-corrected chi connectivity index (χ0v) is 5.88. The minimum Gasteiger partial charge on any atom is -0.424 e. The maximum Gasteiger partial charge on any atom is 0.480 e. The smallest absolute Gasteiger partial charge is 0.424 e. The third kappa shape index (κ3) is 8.01. The SMILES string of the molecule is OB(O)/C=C\CCCCl. The van der Waals surface area contributed by atoms with Crippen molar-refractivity contribution in [2.24, 2.45) is 0 Å². The summed E-state index contributed by atoms with van der Waals surface area (Å²) in [5.41, 5.74) is 0. The molecule has 2 nitrogen and oxygen atoms in total. The van der Waals surface area contributed by atoms with Crippen molar-refractivity contribution in [3.8, 4) is 0 Å². The lowest BCUT2D eigenvalue weighted by molar-refractivity contribution is 0.424. The molecule has 0 aromatic heterocycles. The first-order chi connectivity index (χ1) is 4.27. The molecule has 0 amide bonds. The van der Waals surface area contributed by atoms with Gasteiger partial charge in [0.05, 0.1) is 0 Å². The van der Waals surface area contributed by atoms with E-state index < -0.39 is 7.12 Å². The van der Waals surface area contributed by atoms with Crippen molar-refractivity contribution in [2.45, 2.75) is 12.8 Å². The van der Waals surface area contributed by atoms with Crippen LogP contribution in [-0.4, -0.2) is 23.0 Å². The van der Waals surface area contributed by atoms with Gasteiger partial charge in [0.25, 0.3) is 0 Å². The van der Waals surface area contributed by atoms with Crippen LogP contribution in [0.4, 0.5) is 0 Å². The first-order valence-electron chi connectivity index (χ1n) is 2.86. The number of rotatable bonds is 4. The fraction of sp³-hybridized carbons (Fsp3) is 0.600. The van der Waals surface area contributed by atoms with Gasteiger partial charge >= 0.3 is 7.12 Å². The van der Waals surface area contributed by atoms with Crippen LogP contribution in [0.2, 0.25) is 0 Å². The Balaban J connectivity index is 3.04. The molecule has 52 valence electrons. The Morgan fingerprint density at radius 3 is 2.56 bits per heavy atom. The molecular weight excluding hydrogens is 138 g/mol. The van der Waals surface area contributed by atoms with E-state index in [4.69, 9.17) is 21.6 Å². The van der Waals surface area contributed by atoms with Crippen molar-refractivity contribution in [1.29, 1.82) is 0 Å². The Kier molecular flexibility index (Phi) is 6.15. The maximum absolute atomic E-state index is 8.29. The van der Waals surface area contributed by atoms with Gasteiger partial charge in [-0.1, -0.05) is 12.1 Å². The molecule has 0 atom stereocenters. The van der Waals surface area contributed by atoms with Crippen LogP contribution >= 0.6 is 11.6 Å². The largest absolute Gasteiger partial charge is 0.480 e. The number of halogens is 1. The summed E-state index contributed by atoms with van der Waals surface area (Å²) in [6.07, 6.45) is 3.39. The van der Waals surface area contributed by atoms with Crippen molar-refractivity contribution in [2.75, 3.05) is 5.88 Å². The Morgan fingerprint density at radius 2 is 2.11 bits per heavy atom. The molecule has 0 aliphatic carbocycles. The Morgan fingerprint density at radius 1 is 1.44 bits per heavy atom. The average Bonchev–Trinajstić information content (AvgIpc) is 1.80. The molecule has 0 saturated heterocycles. The monoisotopic (exact) mass is 148 g/mol. The van der Waals surface area contributed by atoms with E-state index in [1.165, 1.54) is 5.98 Å². The average molecular weight is 148 g/mol. The zero-order chi connectivity index (χ0) is 7.11. The van der Waals surface area contributed by atoms with E-state index in [0.717, 1.165) is 12.8 Å². The predicted molar refractivity (Wildman–Crippen MR) is 39.3 cm³/mol. The van der Waals surface area contributed by atoms with Crippen LogP contribution in [-0.2, 0) is 0 Å². The van der Waals surface area contributed by atoms with E-state index in [-0.39, 0.29) is 0 Å². The summed E-state index contributed by atoms with van der Waals surface area (Å²) in [6.45, 7) is 0. The molecule has 0 aliphatic heterocycles. The highest BCUT2D eigenvalue weighted by molar-refractivity contribution is 6.47. The third-order valence-corrected chi connectivity index (χ3v) is 1.08. The number of allylic oxidation sites excluding steroid dienone is 1. The molecule has 4 heteroatoms. The van der Waals surface area contributed by atoms with Crippen LogP contribution in [0.5, 0.6) is 0 Å². The normalized spacial score (nSPS) is 10.6. The molecule has 0 bridgehead atoms. The lowest BCUT2D eigenvalue weighted by Crippen LogP contribution is -2.05. The molecule has 0 fully saturated rings. The number of unbranched alkanes of at least 4 members (excludes halogenated alkanes) is 1. The minimum atomic E-state index is -1.32. The molecule has 0 saturated carbocycles. The van der Waals surface area contributed by atoms with Crippen molar-refractivity contribution in [1.82, 2.24) is 0 Å². The van der Waals surface area contributed by atoms with Crippen LogP contribution < -0.4 is 0 Å². The van der Waals surface area contributed by atoms with E-state index in [1.54, 1.807) is 6.08 Å². The topological polar surface area (TPSA) is 40.5 Å². The second kappa shape index (κ2) is 6.14. The van der Waals surface area contributed by atoms with Gasteiger partial charge in [-0.3, -0.25) is 0 Å². The van der Waals surface area contributed by atoms with E-state index in [1.807, 2.05) is 0 Å². The highest BCUT2D eigenvalue weighted by atomic mass is 35.5. The lowest BCUT2D eigenvalue weighted by Gasteiger charge is -1.86. The maximum atomic E-state index is 8.29. The van der Waals surface area contributed by atoms with E-state index in [9.17, 15) is 0 Å². The number of alkyl halides is 1. The Hall–Kier alpha value is 0.0149. The zero-order valence-electron chi connectivity index (χ0n) is 5.13. The van der Waals surface area contributed by atoms with Crippen LogP contribution in [0.3, 0.4) is 0 Å². The van der Waals surface area contributed by atoms with Gasteiger partial charge in [0.2, 0.25) is 0 Å². The van der Waals surface area contributed by atoms with Crippen LogP contribution in [0, 0.1) is 0 Å². The molecule has 9 heavy (non-hydrogen) atoms. The van der Waals surface area contributed by atoms with E-state index in [2.05, 4.69) is 0 Å². The lowest BCUT2D eigenvalue weighted by atomic mass is 9.91. The second-order valence-corrected chi connectivity index (χ2v) is 2.05. The van der Waals surface area contributed by atoms with Gasteiger partial charge in [-0.2, -0.15) is 0 Å². The molecule has 0 aromatic carbocycles. The van der Waals surface area contributed by atoms with Crippen molar-refractivity contribution in [3.05, 3.63) is 12.1 Å². The fourth-order valence-electron chi connectivity index (χ4n) is 0.413. The van der Waals surface area contributed by atoms with Gasteiger partial charge in [0.15, 0.2) is 0 Å². The number of hydrogen-bond acceptors (Lipinski definition) is 2. The van der Waals surface area contributed by atoms with Crippen LogP contribution in [0.1, 0.15) is 12.8 Å². The van der Waals surface area contributed by atoms with Gasteiger partial charge in [-0.15, -0.1) is 11.6 Å². The van der Waals surface area contributed by atoms with Crippen molar-refractivity contribution in [3.63, 3.8) is 0 Å². The molecule has 0 heterocycles. The van der Waals surface area contributed by atoms with Crippen molar-refractivity contribution >= 4 is 18.7 Å². The summed E-state index contributed by atoms with van der Waals surface area (Å²) in [5.74, 6) is 1.94. The van der Waals surface area contributed by atoms with Gasteiger partial charge < -0.3 is 10.0 Å². The molecule has 0 aromatic rings. The van der Waals surface area contributed by atoms with E-state index in [0.29, 0.717) is 5.88 Å². The summed E-state index contributed by atoms with van der Waals surface area (Å²) in [7, 11) is -1.32. The summed E-state index contributed by atoms with van der Waals surface area (Å²) in [4.78, 5) is 0. The summed E-state index contributed by atoms with van der Waals surface area (Å²) in [6, 6.07) is 0. The first kappa shape index (κ1) is 9.01. The highest BCUT2D eigenvalue weighted by Crippen LogP contribution is 1.92. The fourth-order valence-corrected chi connectivity index (χ4v) is 0.567. The van der Waals surface area contributed by atoms with Gasteiger partial charge in [0, 0.05) is 5.88 Å². The summed E-state index contributed by atoms with van der Waals surface area (Å²) in [5, 5.41) is 16.6. The molecule has 0 radical (unpaired) electrons. The van der Waals surface area contributed by atoms with E-state index >= 15 is 0 Å². The van der Waals surface area contributed by atoms with Crippen LogP contribution in [0.15, 0.2) is 12.1 Å². The molecule has 0 spiro atoms. The quantitative estimate of drug-likeness (QED) is 0.348. The third-order valence-electron chi connectivity index (χ3n) is 0.813. The molecule has 0 unspecified atom stereocenters. The molecule has 0 aliphatic rings. The first-order valence-corrected chi connectivity index (χ1v) is 3.39. The summed E-state index contributed by atoms with van der Waals surface area (Å²) >= 11 is 5.36. The van der Waals surface area contributed by atoms with Gasteiger partial charge in [0.1, 0.15) is 0 Å². The second-order valence-electron chi connectivity index (χ2n) is 1.67. The molecular formula is C5H10BClO2. The van der Waals surface area contributed by atoms with Gasteiger partial charge in [-0.25, -0.2) is 0 Å². The number of hydrogen-bond donors (Lipinski definition) is 2. The van der Waals surface area contributed by atoms with Crippen LogP contribution in [0.25, 0.3) is 0 Å². The van der Waals surface area contributed by atoms with Gasteiger partial charge in [-0.05, 0) is 12.8 Å². The Bertz CT molecular complexity index is 85.0. The summed E-state index contributed by atoms with van der Waals surface area (Å²) < 4.78 is 0. The van der Waals surface area contributed by atoms with Crippen molar-refractivity contribution < 1.29 is 10.0 Å². The Labute approximate surface area is 60.3 Å².